The van der Waals surface area contributed by atoms with E-state index in [4.69, 9.17) is 9.52 Å². The van der Waals surface area contributed by atoms with Crippen molar-refractivity contribution in [3.63, 3.8) is 0 Å². The van der Waals surface area contributed by atoms with Gasteiger partial charge in [-0.25, -0.2) is 4.68 Å². The zero-order valence-corrected chi connectivity index (χ0v) is 13.3. The number of furan rings is 1. The van der Waals surface area contributed by atoms with Crippen molar-refractivity contribution in [3.05, 3.63) is 72.5 Å². The van der Waals surface area contributed by atoms with E-state index in [1.807, 2.05) is 71.4 Å². The topological polar surface area (TPSA) is 31.0 Å². The number of hydrogen-bond acceptors (Lipinski definition) is 2. The lowest BCUT2D eigenvalue weighted by atomic mass is 10.1. The van der Waals surface area contributed by atoms with Crippen LogP contribution in [-0.4, -0.2) is 9.78 Å². The SMILES string of the molecule is BrCc1cc2c(o1)c(-c1ccccc1)nn2-c1ccccc1. The summed E-state index contributed by atoms with van der Waals surface area (Å²) in [5.74, 6) is 0.897. The highest BCUT2D eigenvalue weighted by atomic mass is 79.9. The van der Waals surface area contributed by atoms with Gasteiger partial charge in [-0.3, -0.25) is 0 Å². The minimum absolute atomic E-state index is 0.685. The van der Waals surface area contributed by atoms with E-state index in [9.17, 15) is 0 Å². The Hall–Kier alpha value is -2.33. The van der Waals surface area contributed by atoms with Crippen LogP contribution >= 0.6 is 15.9 Å². The van der Waals surface area contributed by atoms with Crippen molar-refractivity contribution >= 4 is 27.0 Å². The van der Waals surface area contributed by atoms with Gasteiger partial charge in [-0.05, 0) is 12.1 Å². The van der Waals surface area contributed by atoms with Crippen LogP contribution in [0.25, 0.3) is 28.0 Å². The molecule has 0 N–H and O–H groups in total. The molecule has 4 rings (SSSR count). The third-order valence-electron chi connectivity index (χ3n) is 3.59. The van der Waals surface area contributed by atoms with Crippen molar-refractivity contribution in [1.82, 2.24) is 9.78 Å². The van der Waals surface area contributed by atoms with E-state index in [2.05, 4.69) is 15.9 Å². The summed E-state index contributed by atoms with van der Waals surface area (Å²) in [4.78, 5) is 0. The average Bonchev–Trinajstić information content (AvgIpc) is 3.15. The highest BCUT2D eigenvalue weighted by molar-refractivity contribution is 9.08. The summed E-state index contributed by atoms with van der Waals surface area (Å²) < 4.78 is 7.91. The maximum atomic E-state index is 5.97. The van der Waals surface area contributed by atoms with E-state index >= 15 is 0 Å². The van der Waals surface area contributed by atoms with Crippen LogP contribution in [0.4, 0.5) is 0 Å². The monoisotopic (exact) mass is 352 g/mol. The smallest absolute Gasteiger partial charge is 0.180 e. The molecule has 0 saturated carbocycles. The number of para-hydroxylation sites is 1. The number of nitrogens with zero attached hydrogens (tertiary/aromatic N) is 2. The van der Waals surface area contributed by atoms with Crippen LogP contribution in [-0.2, 0) is 5.33 Å². The largest absolute Gasteiger partial charge is 0.456 e. The van der Waals surface area contributed by atoms with Gasteiger partial charge in [0, 0.05) is 11.6 Å². The normalized spacial score (nSPS) is 11.1. The van der Waals surface area contributed by atoms with Crippen LogP contribution in [0.1, 0.15) is 5.76 Å². The Morgan fingerprint density at radius 3 is 2.32 bits per heavy atom. The predicted molar refractivity (Wildman–Crippen MR) is 91.4 cm³/mol. The number of benzene rings is 2. The molecule has 0 atom stereocenters. The highest BCUT2D eigenvalue weighted by Gasteiger charge is 2.18. The van der Waals surface area contributed by atoms with Gasteiger partial charge in [0.1, 0.15) is 17.0 Å². The standard InChI is InChI=1S/C18H13BrN2O/c19-12-15-11-16-18(22-15)17(13-7-3-1-4-8-13)20-21(16)14-9-5-2-6-10-14/h1-11H,12H2. The summed E-state index contributed by atoms with van der Waals surface area (Å²) in [5.41, 5.74) is 4.75. The van der Waals surface area contributed by atoms with E-state index in [1.54, 1.807) is 0 Å². The van der Waals surface area contributed by atoms with Crippen molar-refractivity contribution in [2.45, 2.75) is 5.33 Å². The van der Waals surface area contributed by atoms with Crippen molar-refractivity contribution in [3.8, 4) is 16.9 Å². The molecule has 0 radical (unpaired) electrons. The molecule has 0 aliphatic carbocycles. The third-order valence-corrected chi connectivity index (χ3v) is 4.14. The molecule has 108 valence electrons. The van der Waals surface area contributed by atoms with Crippen LogP contribution in [0, 0.1) is 0 Å². The Balaban J connectivity index is 2.00. The Kier molecular flexibility index (Phi) is 3.31. The number of hydrogen-bond donors (Lipinski definition) is 0. The number of fused-ring (bicyclic) bond motifs is 1. The molecular weight excluding hydrogens is 340 g/mol. The maximum Gasteiger partial charge on any atom is 0.180 e. The first-order valence-corrected chi connectivity index (χ1v) is 8.17. The predicted octanol–water partition coefficient (Wildman–Crippen LogP) is 5.18. The molecule has 4 aromatic rings. The van der Waals surface area contributed by atoms with Gasteiger partial charge in [-0.2, -0.15) is 5.10 Å². The molecule has 22 heavy (non-hydrogen) atoms. The van der Waals surface area contributed by atoms with E-state index in [0.717, 1.165) is 33.8 Å². The van der Waals surface area contributed by atoms with E-state index in [0.29, 0.717) is 5.33 Å². The lowest BCUT2D eigenvalue weighted by Gasteiger charge is -2.01. The first kappa shape index (κ1) is 13.3. The fourth-order valence-corrected chi connectivity index (χ4v) is 2.85. The molecule has 2 aromatic heterocycles. The van der Waals surface area contributed by atoms with Gasteiger partial charge in [0.25, 0.3) is 0 Å². The number of aromatic nitrogens is 2. The zero-order chi connectivity index (χ0) is 14.9. The lowest BCUT2D eigenvalue weighted by Crippen LogP contribution is -1.95. The van der Waals surface area contributed by atoms with Gasteiger partial charge in [0.05, 0.1) is 11.0 Å². The van der Waals surface area contributed by atoms with Gasteiger partial charge < -0.3 is 4.42 Å². The van der Waals surface area contributed by atoms with E-state index < -0.39 is 0 Å². The van der Waals surface area contributed by atoms with Crippen LogP contribution < -0.4 is 0 Å². The Labute approximate surface area is 136 Å². The second-order valence-electron chi connectivity index (χ2n) is 5.02. The van der Waals surface area contributed by atoms with Crippen molar-refractivity contribution in [1.29, 1.82) is 0 Å². The van der Waals surface area contributed by atoms with E-state index in [-0.39, 0.29) is 0 Å². The summed E-state index contributed by atoms with van der Waals surface area (Å²) in [7, 11) is 0. The molecule has 2 heterocycles. The molecule has 3 nitrogen and oxygen atoms in total. The Bertz CT molecular complexity index is 838. The molecule has 0 unspecified atom stereocenters. The van der Waals surface area contributed by atoms with Gasteiger partial charge in [-0.1, -0.05) is 64.5 Å². The molecule has 0 aliphatic rings. The first-order chi connectivity index (χ1) is 10.9. The zero-order valence-electron chi connectivity index (χ0n) is 11.7. The van der Waals surface area contributed by atoms with Gasteiger partial charge in [0.2, 0.25) is 0 Å². The molecule has 0 saturated heterocycles. The summed E-state index contributed by atoms with van der Waals surface area (Å²) in [5, 5.41) is 5.46. The number of rotatable bonds is 3. The van der Waals surface area contributed by atoms with Crippen molar-refractivity contribution in [2.75, 3.05) is 0 Å². The molecule has 0 aliphatic heterocycles. The fourth-order valence-electron chi connectivity index (χ4n) is 2.57. The summed E-state index contributed by atoms with van der Waals surface area (Å²) in [6, 6.07) is 22.3. The van der Waals surface area contributed by atoms with Gasteiger partial charge in [-0.15, -0.1) is 0 Å². The van der Waals surface area contributed by atoms with Crippen molar-refractivity contribution in [2.24, 2.45) is 0 Å². The average molecular weight is 353 g/mol. The highest BCUT2D eigenvalue weighted by Crippen LogP contribution is 2.32. The number of alkyl halides is 1. The molecule has 2 aromatic carbocycles. The van der Waals surface area contributed by atoms with Gasteiger partial charge >= 0.3 is 0 Å². The second-order valence-corrected chi connectivity index (χ2v) is 5.58. The van der Waals surface area contributed by atoms with Crippen LogP contribution in [0.2, 0.25) is 0 Å². The van der Waals surface area contributed by atoms with Crippen LogP contribution in [0.15, 0.2) is 71.1 Å². The summed E-state index contributed by atoms with van der Waals surface area (Å²) in [6.07, 6.45) is 0. The quantitative estimate of drug-likeness (QED) is 0.475. The maximum absolute atomic E-state index is 5.97. The second kappa shape index (κ2) is 5.46. The fraction of sp³-hybridized carbons (Fsp3) is 0.0556. The minimum atomic E-state index is 0.685. The molecule has 0 fully saturated rings. The van der Waals surface area contributed by atoms with Gasteiger partial charge in [0.15, 0.2) is 5.58 Å². The first-order valence-electron chi connectivity index (χ1n) is 7.05. The van der Waals surface area contributed by atoms with Crippen LogP contribution in [0.3, 0.4) is 0 Å². The molecule has 0 amide bonds. The van der Waals surface area contributed by atoms with Crippen LogP contribution in [0.5, 0.6) is 0 Å². The van der Waals surface area contributed by atoms with Crippen molar-refractivity contribution < 1.29 is 4.42 Å². The molecule has 0 bridgehead atoms. The Morgan fingerprint density at radius 1 is 0.955 bits per heavy atom. The minimum Gasteiger partial charge on any atom is -0.456 e. The summed E-state index contributed by atoms with van der Waals surface area (Å²) >= 11 is 3.46. The lowest BCUT2D eigenvalue weighted by molar-refractivity contribution is 0.576. The summed E-state index contributed by atoms with van der Waals surface area (Å²) in [6.45, 7) is 0. The van der Waals surface area contributed by atoms with E-state index in [1.165, 1.54) is 0 Å². The molecule has 4 heteroatoms. The third kappa shape index (κ3) is 2.16. The molecular formula is C18H13BrN2O. The molecule has 0 spiro atoms. The number of halogens is 1. The Morgan fingerprint density at radius 2 is 1.64 bits per heavy atom.